The number of hydrogen-bond donors (Lipinski definition) is 2. The van der Waals surface area contributed by atoms with E-state index in [-0.39, 0.29) is 18.9 Å². The van der Waals surface area contributed by atoms with Crippen LogP contribution in [0.15, 0.2) is 24.3 Å². The number of hydrogen-bond acceptors (Lipinski definition) is 4. The maximum absolute atomic E-state index is 12.2. The number of methoxy groups -OCH3 is 1. The van der Waals surface area contributed by atoms with Crippen LogP contribution in [0.3, 0.4) is 0 Å². The lowest BCUT2D eigenvalue weighted by Gasteiger charge is -2.29. The fourth-order valence-corrected chi connectivity index (χ4v) is 2.26. The molecule has 122 valence electrons. The lowest BCUT2D eigenvalue weighted by atomic mass is 10.0. The highest BCUT2D eigenvalue weighted by atomic mass is 35.5. The van der Waals surface area contributed by atoms with E-state index in [1.165, 1.54) is 12.0 Å². The first-order valence-corrected chi connectivity index (χ1v) is 7.20. The van der Waals surface area contributed by atoms with Gasteiger partial charge in [0.05, 0.1) is 13.0 Å². The van der Waals surface area contributed by atoms with Crippen LogP contribution in [0.5, 0.6) is 0 Å². The standard InChI is InChI=1S/C15H21ClN2O4/c1-18(15(21)13(17)9-22-2)12(8-14(19)20)7-10-3-5-11(16)6-4-10/h3-6,12-13H,7-9,17H2,1-2H3,(H,19,20). The van der Waals surface area contributed by atoms with Crippen LogP contribution in [0.4, 0.5) is 0 Å². The minimum absolute atomic E-state index is 0.0872. The molecule has 0 saturated carbocycles. The number of halogens is 1. The number of carboxylic acids is 1. The zero-order valence-corrected chi connectivity index (χ0v) is 13.4. The Bertz CT molecular complexity index is 507. The minimum Gasteiger partial charge on any atom is -0.481 e. The maximum atomic E-state index is 12.2. The lowest BCUT2D eigenvalue weighted by molar-refractivity contribution is -0.140. The molecule has 0 heterocycles. The highest BCUT2D eigenvalue weighted by molar-refractivity contribution is 6.30. The summed E-state index contributed by atoms with van der Waals surface area (Å²) in [5.74, 6) is -1.32. The Balaban J connectivity index is 2.84. The summed E-state index contributed by atoms with van der Waals surface area (Å²) in [6, 6.07) is 5.78. The Labute approximate surface area is 134 Å². The number of nitrogens with zero attached hydrogens (tertiary/aromatic N) is 1. The number of carbonyl (C=O) groups excluding carboxylic acids is 1. The molecule has 0 bridgehead atoms. The van der Waals surface area contributed by atoms with Gasteiger partial charge in [0.2, 0.25) is 5.91 Å². The number of benzene rings is 1. The van der Waals surface area contributed by atoms with Crippen LogP contribution < -0.4 is 5.73 Å². The van der Waals surface area contributed by atoms with Crippen LogP contribution in [-0.4, -0.2) is 54.7 Å². The largest absolute Gasteiger partial charge is 0.481 e. The van der Waals surface area contributed by atoms with Gasteiger partial charge in [-0.2, -0.15) is 0 Å². The van der Waals surface area contributed by atoms with Gasteiger partial charge in [-0.15, -0.1) is 0 Å². The van der Waals surface area contributed by atoms with E-state index < -0.39 is 18.1 Å². The zero-order chi connectivity index (χ0) is 16.7. The SMILES string of the molecule is COCC(N)C(=O)N(C)C(CC(=O)O)Cc1ccc(Cl)cc1. The highest BCUT2D eigenvalue weighted by Gasteiger charge is 2.26. The summed E-state index contributed by atoms with van der Waals surface area (Å²) in [5.41, 5.74) is 6.63. The van der Waals surface area contributed by atoms with Crippen LogP contribution >= 0.6 is 11.6 Å². The molecule has 0 aromatic heterocycles. The van der Waals surface area contributed by atoms with Crippen molar-refractivity contribution >= 4 is 23.5 Å². The summed E-state index contributed by atoms with van der Waals surface area (Å²) < 4.78 is 4.86. The molecule has 0 aliphatic rings. The summed E-state index contributed by atoms with van der Waals surface area (Å²) in [6.45, 7) is 0.0872. The summed E-state index contributed by atoms with van der Waals surface area (Å²) in [4.78, 5) is 24.7. The highest BCUT2D eigenvalue weighted by Crippen LogP contribution is 2.15. The Hall–Kier alpha value is -1.63. The van der Waals surface area contributed by atoms with E-state index in [1.807, 2.05) is 12.1 Å². The predicted molar refractivity (Wildman–Crippen MR) is 83.8 cm³/mol. The van der Waals surface area contributed by atoms with Crippen molar-refractivity contribution in [2.45, 2.75) is 24.9 Å². The molecule has 2 unspecified atom stereocenters. The summed E-state index contributed by atoms with van der Waals surface area (Å²) in [5, 5.41) is 9.67. The van der Waals surface area contributed by atoms with Crippen molar-refractivity contribution in [1.29, 1.82) is 0 Å². The molecule has 6 nitrogen and oxygen atoms in total. The van der Waals surface area contributed by atoms with E-state index in [1.54, 1.807) is 19.2 Å². The van der Waals surface area contributed by atoms with Crippen LogP contribution in [0, 0.1) is 0 Å². The average Bonchev–Trinajstić information content (AvgIpc) is 2.47. The van der Waals surface area contributed by atoms with Gasteiger partial charge in [0.1, 0.15) is 6.04 Å². The third-order valence-corrected chi connectivity index (χ3v) is 3.61. The molecule has 0 aliphatic carbocycles. The Morgan fingerprint density at radius 2 is 1.95 bits per heavy atom. The number of nitrogens with two attached hydrogens (primary N) is 1. The van der Waals surface area contributed by atoms with Crippen LogP contribution in [0.2, 0.25) is 5.02 Å². The molecule has 1 rings (SSSR count). The van der Waals surface area contributed by atoms with Gasteiger partial charge in [-0.05, 0) is 24.1 Å². The third-order valence-electron chi connectivity index (χ3n) is 3.35. The number of carboxylic acid groups (broad SMARTS) is 1. The van der Waals surface area contributed by atoms with Crippen molar-refractivity contribution in [3.05, 3.63) is 34.9 Å². The zero-order valence-electron chi connectivity index (χ0n) is 12.7. The fourth-order valence-electron chi connectivity index (χ4n) is 2.13. The Kier molecular flexibility index (Phi) is 7.31. The second-order valence-electron chi connectivity index (χ2n) is 5.09. The van der Waals surface area contributed by atoms with Crippen molar-refractivity contribution in [2.75, 3.05) is 20.8 Å². The van der Waals surface area contributed by atoms with Crippen LogP contribution in [0.25, 0.3) is 0 Å². The molecular weight excluding hydrogens is 308 g/mol. The molecule has 22 heavy (non-hydrogen) atoms. The molecule has 1 amide bonds. The monoisotopic (exact) mass is 328 g/mol. The van der Waals surface area contributed by atoms with Gasteiger partial charge >= 0.3 is 5.97 Å². The quantitative estimate of drug-likeness (QED) is 0.747. The second kappa shape index (κ2) is 8.73. The Morgan fingerprint density at radius 3 is 2.45 bits per heavy atom. The van der Waals surface area contributed by atoms with Gasteiger partial charge in [-0.1, -0.05) is 23.7 Å². The number of ether oxygens (including phenoxy) is 1. The number of amides is 1. The summed E-state index contributed by atoms with van der Waals surface area (Å²) in [7, 11) is 3.01. The first kappa shape index (κ1) is 18.4. The summed E-state index contributed by atoms with van der Waals surface area (Å²) >= 11 is 5.83. The van der Waals surface area contributed by atoms with Gasteiger partial charge in [-0.3, -0.25) is 9.59 Å². The van der Waals surface area contributed by atoms with Crippen molar-refractivity contribution in [3.8, 4) is 0 Å². The molecule has 1 aromatic carbocycles. The molecule has 3 N–H and O–H groups in total. The number of likely N-dealkylation sites (N-methyl/N-ethyl adjacent to an activating group) is 1. The molecule has 0 spiro atoms. The van der Waals surface area contributed by atoms with Gasteiger partial charge in [-0.25, -0.2) is 0 Å². The maximum Gasteiger partial charge on any atom is 0.305 e. The topological polar surface area (TPSA) is 92.9 Å². The summed E-state index contributed by atoms with van der Waals surface area (Å²) in [6.07, 6.45) is 0.246. The van der Waals surface area contributed by atoms with E-state index in [0.29, 0.717) is 11.4 Å². The third kappa shape index (κ3) is 5.63. The average molecular weight is 329 g/mol. The second-order valence-corrected chi connectivity index (χ2v) is 5.53. The molecule has 7 heteroatoms. The minimum atomic E-state index is -0.973. The number of rotatable bonds is 8. The van der Waals surface area contributed by atoms with E-state index in [0.717, 1.165) is 5.56 Å². The predicted octanol–water partition coefficient (Wildman–Crippen LogP) is 1.16. The number of aliphatic carboxylic acids is 1. The van der Waals surface area contributed by atoms with Crippen molar-refractivity contribution in [3.63, 3.8) is 0 Å². The van der Waals surface area contributed by atoms with Gasteiger partial charge in [0, 0.05) is 25.2 Å². The van der Waals surface area contributed by atoms with Gasteiger partial charge < -0.3 is 20.5 Å². The smallest absolute Gasteiger partial charge is 0.305 e. The fraction of sp³-hybridized carbons (Fsp3) is 0.467. The van der Waals surface area contributed by atoms with Crippen LogP contribution in [0.1, 0.15) is 12.0 Å². The van der Waals surface area contributed by atoms with E-state index >= 15 is 0 Å². The molecule has 1 aromatic rings. The molecule has 0 saturated heterocycles. The van der Waals surface area contributed by atoms with Crippen LogP contribution in [-0.2, 0) is 20.7 Å². The van der Waals surface area contributed by atoms with Crippen molar-refractivity contribution < 1.29 is 19.4 Å². The van der Waals surface area contributed by atoms with Gasteiger partial charge in [0.25, 0.3) is 0 Å². The first-order valence-electron chi connectivity index (χ1n) is 6.82. The lowest BCUT2D eigenvalue weighted by Crippen LogP contribution is -2.49. The first-order chi connectivity index (χ1) is 10.3. The van der Waals surface area contributed by atoms with E-state index in [4.69, 9.17) is 27.2 Å². The molecule has 0 fully saturated rings. The van der Waals surface area contributed by atoms with Gasteiger partial charge in [0.15, 0.2) is 0 Å². The molecule has 0 aliphatic heterocycles. The normalized spacial score (nSPS) is 13.5. The van der Waals surface area contributed by atoms with Crippen molar-refractivity contribution in [2.24, 2.45) is 5.73 Å². The molecule has 0 radical (unpaired) electrons. The molecule has 2 atom stereocenters. The number of carbonyl (C=O) groups is 2. The van der Waals surface area contributed by atoms with E-state index in [2.05, 4.69) is 0 Å². The molecular formula is C15H21ClN2O4. The van der Waals surface area contributed by atoms with Crippen molar-refractivity contribution in [1.82, 2.24) is 4.90 Å². The Morgan fingerprint density at radius 1 is 1.36 bits per heavy atom. The van der Waals surface area contributed by atoms with E-state index in [9.17, 15) is 9.59 Å².